The van der Waals surface area contributed by atoms with Crippen molar-refractivity contribution in [3.8, 4) is 0 Å². The van der Waals surface area contributed by atoms with Crippen molar-refractivity contribution in [3.05, 3.63) is 96.3 Å². The molecule has 0 spiro atoms. The van der Waals surface area contributed by atoms with E-state index in [1.165, 1.54) is 4.90 Å². The highest BCUT2D eigenvalue weighted by atomic mass is 32.2. The number of carbonyl (C=O) groups is 1. The van der Waals surface area contributed by atoms with Gasteiger partial charge in [0.25, 0.3) is 5.91 Å². The lowest BCUT2D eigenvalue weighted by molar-refractivity contribution is 0.0628. The van der Waals surface area contributed by atoms with Crippen LogP contribution in [0.2, 0.25) is 0 Å². The van der Waals surface area contributed by atoms with Gasteiger partial charge in [0.15, 0.2) is 5.82 Å². The minimum absolute atomic E-state index is 0.0717. The van der Waals surface area contributed by atoms with Gasteiger partial charge >= 0.3 is 0 Å². The number of fused-ring (bicyclic) bond motifs is 2. The number of benzene rings is 2. The number of carbonyl (C=O) groups excluding carboxylic acids is 1. The molecular weight excluding hydrogens is 468 g/mol. The van der Waals surface area contributed by atoms with Crippen molar-refractivity contribution < 1.29 is 4.79 Å². The second-order valence-corrected chi connectivity index (χ2v) is 10.0. The van der Waals surface area contributed by atoms with Crippen molar-refractivity contribution >= 4 is 40.7 Å². The summed E-state index contributed by atoms with van der Waals surface area (Å²) in [6.07, 6.45) is 3.56. The molecule has 1 saturated heterocycles. The van der Waals surface area contributed by atoms with Crippen LogP contribution in [-0.2, 0) is 6.54 Å². The van der Waals surface area contributed by atoms with Crippen LogP contribution >= 0.6 is 11.8 Å². The number of nitrogens with two attached hydrogens (primary N) is 1. The first-order valence-electron chi connectivity index (χ1n) is 12.0. The largest absolute Gasteiger partial charge is 0.384 e. The lowest BCUT2D eigenvalue weighted by atomic mass is 10.1. The maximum Gasteiger partial charge on any atom is 0.253 e. The van der Waals surface area contributed by atoms with Gasteiger partial charge in [-0.1, -0.05) is 23.9 Å². The van der Waals surface area contributed by atoms with Crippen molar-refractivity contribution in [2.75, 3.05) is 36.8 Å². The number of hydrogen-bond donors (Lipinski definition) is 1. The average Bonchev–Trinajstić information content (AvgIpc) is 2.92. The molecule has 0 radical (unpaired) electrons. The fraction of sp³-hybridized carbons (Fsp3) is 0.179. The van der Waals surface area contributed by atoms with Gasteiger partial charge in [-0.2, -0.15) is 0 Å². The van der Waals surface area contributed by atoms with Gasteiger partial charge in [0.1, 0.15) is 5.82 Å². The van der Waals surface area contributed by atoms with Gasteiger partial charge in [0, 0.05) is 61.3 Å². The summed E-state index contributed by atoms with van der Waals surface area (Å²) in [6, 6.07) is 24.2. The van der Waals surface area contributed by atoms with E-state index in [0.29, 0.717) is 24.5 Å². The highest BCUT2D eigenvalue weighted by molar-refractivity contribution is 7.99. The van der Waals surface area contributed by atoms with Crippen LogP contribution in [0.25, 0.3) is 0 Å². The zero-order valence-electron chi connectivity index (χ0n) is 19.7. The Morgan fingerprint density at radius 3 is 2.44 bits per heavy atom. The Morgan fingerprint density at radius 1 is 0.861 bits per heavy atom. The summed E-state index contributed by atoms with van der Waals surface area (Å²) in [5.74, 6) is 1.52. The van der Waals surface area contributed by atoms with E-state index >= 15 is 0 Å². The van der Waals surface area contributed by atoms with Gasteiger partial charge in [0.05, 0.1) is 10.6 Å². The molecule has 0 atom stereocenters. The van der Waals surface area contributed by atoms with Crippen LogP contribution in [0.4, 0.5) is 23.0 Å². The number of nitrogens with zero attached hydrogens (tertiary/aromatic N) is 5. The Labute approximate surface area is 214 Å². The molecule has 2 aliphatic rings. The van der Waals surface area contributed by atoms with E-state index in [4.69, 9.17) is 5.73 Å². The van der Waals surface area contributed by atoms with Gasteiger partial charge in [0.2, 0.25) is 0 Å². The van der Waals surface area contributed by atoms with E-state index in [-0.39, 0.29) is 5.91 Å². The molecule has 8 heteroatoms. The third-order valence-corrected chi connectivity index (χ3v) is 7.68. The third-order valence-electron chi connectivity index (χ3n) is 6.57. The molecule has 180 valence electrons. The van der Waals surface area contributed by atoms with Crippen molar-refractivity contribution in [3.63, 3.8) is 0 Å². The first-order valence-corrected chi connectivity index (χ1v) is 12.8. The summed E-state index contributed by atoms with van der Waals surface area (Å²) in [5, 5.41) is 0. The average molecular weight is 495 g/mol. The van der Waals surface area contributed by atoms with Gasteiger partial charge in [-0.05, 0) is 66.2 Å². The number of piperazine rings is 1. The van der Waals surface area contributed by atoms with E-state index in [1.807, 2.05) is 59.6 Å². The van der Waals surface area contributed by atoms with Crippen LogP contribution in [-0.4, -0.2) is 51.9 Å². The minimum Gasteiger partial charge on any atom is -0.384 e. The monoisotopic (exact) mass is 494 g/mol. The lowest BCUT2D eigenvalue weighted by Gasteiger charge is -2.35. The molecular formula is C28H26N6OS. The molecule has 0 unspecified atom stereocenters. The fourth-order valence-electron chi connectivity index (χ4n) is 4.75. The number of anilines is 4. The predicted molar refractivity (Wildman–Crippen MR) is 143 cm³/mol. The predicted octanol–water partition coefficient (Wildman–Crippen LogP) is 4.95. The van der Waals surface area contributed by atoms with Crippen LogP contribution in [0.5, 0.6) is 0 Å². The maximum atomic E-state index is 13.2. The van der Waals surface area contributed by atoms with E-state index in [2.05, 4.69) is 44.0 Å². The number of amides is 1. The van der Waals surface area contributed by atoms with Gasteiger partial charge in [-0.3, -0.25) is 14.6 Å². The number of para-hydroxylation sites is 1. The molecule has 1 amide bonds. The quantitative estimate of drug-likeness (QED) is 0.379. The molecule has 2 aliphatic heterocycles. The molecule has 6 rings (SSSR count). The summed E-state index contributed by atoms with van der Waals surface area (Å²) < 4.78 is 0. The SMILES string of the molecule is Nc1cc(CN2CCN(C(=O)c3ccc(N4c5ccccc5Sc5cccnc54)cc3)CC2)ccn1. The minimum atomic E-state index is 0.0717. The molecule has 4 heterocycles. The highest BCUT2D eigenvalue weighted by Gasteiger charge is 2.26. The molecule has 0 saturated carbocycles. The first-order chi connectivity index (χ1) is 17.7. The topological polar surface area (TPSA) is 78.6 Å². The molecule has 2 aromatic carbocycles. The number of aromatic nitrogens is 2. The normalized spacial score (nSPS) is 15.3. The zero-order valence-corrected chi connectivity index (χ0v) is 20.6. The van der Waals surface area contributed by atoms with E-state index in [9.17, 15) is 4.79 Å². The van der Waals surface area contributed by atoms with Gasteiger partial charge in [-0.15, -0.1) is 0 Å². The van der Waals surface area contributed by atoms with Crippen molar-refractivity contribution in [1.29, 1.82) is 0 Å². The molecule has 0 bridgehead atoms. The number of nitrogen functional groups attached to an aromatic ring is 1. The summed E-state index contributed by atoms with van der Waals surface area (Å²) in [5.41, 5.74) is 9.74. The third kappa shape index (κ3) is 4.41. The molecule has 0 aliphatic carbocycles. The number of rotatable bonds is 4. The Kier molecular flexibility index (Phi) is 6.04. The van der Waals surface area contributed by atoms with E-state index < -0.39 is 0 Å². The summed E-state index contributed by atoms with van der Waals surface area (Å²) in [6.45, 7) is 3.88. The summed E-state index contributed by atoms with van der Waals surface area (Å²) in [7, 11) is 0. The Hall–Kier alpha value is -3.88. The summed E-state index contributed by atoms with van der Waals surface area (Å²) in [4.78, 5) is 30.7. The second kappa shape index (κ2) is 9.64. The van der Waals surface area contributed by atoms with Crippen molar-refractivity contribution in [2.24, 2.45) is 0 Å². The van der Waals surface area contributed by atoms with E-state index in [1.54, 1.807) is 18.0 Å². The Morgan fingerprint density at radius 2 is 1.64 bits per heavy atom. The fourth-order valence-corrected chi connectivity index (χ4v) is 5.78. The molecule has 4 aromatic rings. The Bertz CT molecular complexity index is 1360. The lowest BCUT2D eigenvalue weighted by Crippen LogP contribution is -2.48. The number of hydrogen-bond acceptors (Lipinski definition) is 7. The van der Waals surface area contributed by atoms with Gasteiger partial charge < -0.3 is 10.6 Å². The van der Waals surface area contributed by atoms with Gasteiger partial charge in [-0.25, -0.2) is 9.97 Å². The zero-order chi connectivity index (χ0) is 24.5. The maximum absolute atomic E-state index is 13.2. The van der Waals surface area contributed by atoms with Crippen molar-refractivity contribution in [1.82, 2.24) is 19.8 Å². The smallest absolute Gasteiger partial charge is 0.253 e. The molecule has 7 nitrogen and oxygen atoms in total. The molecule has 2 N–H and O–H groups in total. The van der Waals surface area contributed by atoms with Crippen molar-refractivity contribution in [2.45, 2.75) is 16.3 Å². The van der Waals surface area contributed by atoms with Crippen LogP contribution in [0.15, 0.2) is 95.0 Å². The molecule has 2 aromatic heterocycles. The van der Waals surface area contributed by atoms with Crippen LogP contribution < -0.4 is 10.6 Å². The second-order valence-electron chi connectivity index (χ2n) is 8.93. The number of pyridine rings is 2. The standard InChI is InChI=1S/C28H26N6OS/c29-26-18-20(11-13-30-26)19-32-14-16-33(17-15-32)28(35)21-7-9-22(10-8-21)34-23-4-1-2-5-24(23)36-25-6-3-12-31-27(25)34/h1-13,18H,14-17,19H2,(H2,29,30). The highest BCUT2D eigenvalue weighted by Crippen LogP contribution is 2.50. The Balaban J connectivity index is 1.16. The molecule has 36 heavy (non-hydrogen) atoms. The first kappa shape index (κ1) is 22.6. The van der Waals surface area contributed by atoms with Crippen LogP contribution in [0, 0.1) is 0 Å². The molecule has 1 fully saturated rings. The van der Waals surface area contributed by atoms with E-state index in [0.717, 1.165) is 47.3 Å². The van der Waals surface area contributed by atoms with Crippen LogP contribution in [0.1, 0.15) is 15.9 Å². The summed E-state index contributed by atoms with van der Waals surface area (Å²) >= 11 is 1.73. The van der Waals surface area contributed by atoms with Crippen LogP contribution in [0.3, 0.4) is 0 Å².